The molecule has 1 aliphatic heterocycles. The van der Waals surface area contributed by atoms with Gasteiger partial charge in [-0.25, -0.2) is 9.98 Å². The zero-order chi connectivity index (χ0) is 35.6. The molecule has 1 aliphatic rings. The number of rotatable bonds is 5. The minimum atomic E-state index is -0.324. The molecule has 0 bridgehead atoms. The molecule has 2 aromatic heterocycles. The molecule has 0 amide bonds. The number of aromatic nitrogens is 1. The third kappa shape index (κ3) is 4.94. The van der Waals surface area contributed by atoms with E-state index in [-0.39, 0.29) is 6.17 Å². The smallest absolute Gasteiger partial charge is 0.159 e. The molecule has 5 heteroatoms. The van der Waals surface area contributed by atoms with Crippen molar-refractivity contribution in [3.05, 3.63) is 199 Å². The van der Waals surface area contributed by atoms with Gasteiger partial charge in [0.05, 0.1) is 11.0 Å². The Morgan fingerprint density at radius 1 is 0.500 bits per heavy atom. The highest BCUT2D eigenvalue weighted by Gasteiger charge is 2.24. The summed E-state index contributed by atoms with van der Waals surface area (Å²) in [6.07, 6.45) is -0.324. The zero-order valence-electron chi connectivity index (χ0n) is 29.1. The van der Waals surface area contributed by atoms with Gasteiger partial charge in [0.1, 0.15) is 23.2 Å². The minimum absolute atomic E-state index is 0.324. The van der Waals surface area contributed by atoms with E-state index in [1.54, 1.807) is 0 Å². The van der Waals surface area contributed by atoms with Crippen LogP contribution < -0.4 is 5.32 Å². The SMILES string of the molecule is c1ccc(C2N=C(c3ccc4ccccc4c3)N=C(c3cc(-c4ccc5c(c4)c4ccccc4n5-c4ccccc4)c4c(c3)oc3ccccc34)N2)cc1. The van der Waals surface area contributed by atoms with E-state index in [9.17, 15) is 0 Å². The molecule has 0 radical (unpaired) electrons. The Hall–Kier alpha value is -7.24. The van der Waals surface area contributed by atoms with E-state index in [0.29, 0.717) is 5.84 Å². The molecule has 0 aliphatic carbocycles. The van der Waals surface area contributed by atoms with E-state index < -0.39 is 0 Å². The fraction of sp³-hybridized carbons (Fsp3) is 0.0204. The highest BCUT2D eigenvalue weighted by atomic mass is 16.3. The Kier molecular flexibility index (Phi) is 6.85. The van der Waals surface area contributed by atoms with Gasteiger partial charge in [-0.2, -0.15) is 0 Å². The van der Waals surface area contributed by atoms with E-state index in [0.717, 1.165) is 72.2 Å². The predicted octanol–water partition coefficient (Wildman–Crippen LogP) is 12.0. The molecule has 54 heavy (non-hydrogen) atoms. The molecule has 1 unspecified atom stereocenters. The topological polar surface area (TPSA) is 54.8 Å². The van der Waals surface area contributed by atoms with Gasteiger partial charge in [-0.15, -0.1) is 0 Å². The molecule has 1 N–H and O–H groups in total. The number of nitrogens with one attached hydrogen (secondary N) is 1. The van der Waals surface area contributed by atoms with Gasteiger partial charge in [-0.3, -0.25) is 0 Å². The lowest BCUT2D eigenvalue weighted by Gasteiger charge is -2.24. The average Bonchev–Trinajstić information content (AvgIpc) is 3.79. The standard InChI is InChI=1S/C49H32N4O/c1-3-14-32(15-4-1)47-50-48(35-24-23-31-13-7-8-16-33(31)27-35)52-49(51-47)36-29-40(46-39-20-10-12-22-44(39)54-45(46)30-36)34-25-26-43-41(28-34)38-19-9-11-21-42(38)53(43)37-17-5-2-6-18-37/h1-30,47H,(H,50,51,52). The summed E-state index contributed by atoms with van der Waals surface area (Å²) in [5.41, 5.74) is 10.3. The van der Waals surface area contributed by atoms with Gasteiger partial charge in [-0.1, -0.05) is 127 Å². The summed E-state index contributed by atoms with van der Waals surface area (Å²) in [4.78, 5) is 10.4. The summed E-state index contributed by atoms with van der Waals surface area (Å²) in [6.45, 7) is 0. The van der Waals surface area contributed by atoms with Crippen LogP contribution in [0.5, 0.6) is 0 Å². The molecule has 0 fully saturated rings. The lowest BCUT2D eigenvalue weighted by Crippen LogP contribution is -2.33. The van der Waals surface area contributed by atoms with Crippen LogP contribution in [0.3, 0.4) is 0 Å². The van der Waals surface area contributed by atoms with E-state index in [4.69, 9.17) is 14.4 Å². The molecule has 0 saturated carbocycles. The minimum Gasteiger partial charge on any atom is -0.456 e. The van der Waals surface area contributed by atoms with Crippen molar-refractivity contribution in [2.24, 2.45) is 9.98 Å². The second-order valence-corrected chi connectivity index (χ2v) is 13.8. The van der Waals surface area contributed by atoms with Gasteiger partial charge in [-0.05, 0) is 82.1 Å². The van der Waals surface area contributed by atoms with Crippen LogP contribution in [0.2, 0.25) is 0 Å². The van der Waals surface area contributed by atoms with Crippen LogP contribution in [0, 0.1) is 0 Å². The van der Waals surface area contributed by atoms with Gasteiger partial charge in [0.25, 0.3) is 0 Å². The van der Waals surface area contributed by atoms with Gasteiger partial charge in [0.15, 0.2) is 5.84 Å². The van der Waals surface area contributed by atoms with Crippen LogP contribution >= 0.6 is 0 Å². The normalized spacial score (nSPS) is 14.5. The maximum absolute atomic E-state index is 6.62. The van der Waals surface area contributed by atoms with Gasteiger partial charge in [0, 0.05) is 38.4 Å². The van der Waals surface area contributed by atoms with E-state index in [2.05, 4.69) is 174 Å². The summed E-state index contributed by atoms with van der Waals surface area (Å²) in [5.74, 6) is 1.43. The predicted molar refractivity (Wildman–Crippen MR) is 223 cm³/mol. The Morgan fingerprint density at radius 2 is 1.20 bits per heavy atom. The van der Waals surface area contributed by atoms with Crippen molar-refractivity contribution < 1.29 is 4.42 Å². The Bertz CT molecular complexity index is 3140. The fourth-order valence-electron chi connectivity index (χ4n) is 8.07. The number of hydrogen-bond acceptors (Lipinski definition) is 4. The van der Waals surface area contributed by atoms with Crippen molar-refractivity contribution in [3.63, 3.8) is 0 Å². The summed E-state index contributed by atoms with van der Waals surface area (Å²) in [7, 11) is 0. The summed E-state index contributed by atoms with van der Waals surface area (Å²) in [5, 5.41) is 10.6. The van der Waals surface area contributed by atoms with Gasteiger partial charge >= 0.3 is 0 Å². The van der Waals surface area contributed by atoms with Crippen LogP contribution in [0.4, 0.5) is 0 Å². The molecule has 254 valence electrons. The fourth-order valence-corrected chi connectivity index (χ4v) is 8.07. The molecule has 0 saturated heterocycles. The van der Waals surface area contributed by atoms with Crippen molar-refractivity contribution in [2.45, 2.75) is 6.17 Å². The Morgan fingerprint density at radius 3 is 2.07 bits per heavy atom. The molecular formula is C49H32N4O. The van der Waals surface area contributed by atoms with Crippen molar-refractivity contribution >= 4 is 66.2 Å². The maximum Gasteiger partial charge on any atom is 0.159 e. The van der Waals surface area contributed by atoms with E-state index >= 15 is 0 Å². The first-order valence-corrected chi connectivity index (χ1v) is 18.3. The summed E-state index contributed by atoms with van der Waals surface area (Å²) in [6, 6.07) is 64.0. The zero-order valence-corrected chi connectivity index (χ0v) is 29.1. The third-order valence-electron chi connectivity index (χ3n) is 10.6. The lowest BCUT2D eigenvalue weighted by molar-refractivity contribution is 0.666. The Labute approximate surface area is 311 Å². The quantitative estimate of drug-likeness (QED) is 0.195. The number of aliphatic imine (C=N–C) groups is 2. The number of fused-ring (bicyclic) bond motifs is 7. The molecule has 1 atom stereocenters. The number of amidine groups is 2. The number of nitrogens with zero attached hydrogens (tertiary/aromatic N) is 3. The van der Waals surface area contributed by atoms with Crippen LogP contribution in [0.25, 0.3) is 71.3 Å². The van der Waals surface area contributed by atoms with Crippen LogP contribution in [-0.4, -0.2) is 16.2 Å². The monoisotopic (exact) mass is 692 g/mol. The maximum atomic E-state index is 6.62. The van der Waals surface area contributed by atoms with Crippen molar-refractivity contribution in [1.82, 2.24) is 9.88 Å². The van der Waals surface area contributed by atoms with Crippen LogP contribution in [0.15, 0.2) is 196 Å². The van der Waals surface area contributed by atoms with E-state index in [1.165, 1.54) is 21.7 Å². The molecular weight excluding hydrogens is 661 g/mol. The second kappa shape index (κ2) is 12.2. The first-order valence-electron chi connectivity index (χ1n) is 18.3. The first-order chi connectivity index (χ1) is 26.7. The lowest BCUT2D eigenvalue weighted by atomic mass is 9.95. The summed E-state index contributed by atoms with van der Waals surface area (Å²) < 4.78 is 8.97. The molecule has 3 heterocycles. The number of para-hydroxylation sites is 3. The molecule has 0 spiro atoms. The largest absolute Gasteiger partial charge is 0.456 e. The summed E-state index contributed by atoms with van der Waals surface area (Å²) >= 11 is 0. The number of furan rings is 1. The molecule has 11 rings (SSSR count). The number of benzene rings is 8. The molecule has 8 aromatic carbocycles. The second-order valence-electron chi connectivity index (χ2n) is 13.8. The highest BCUT2D eigenvalue weighted by Crippen LogP contribution is 2.41. The van der Waals surface area contributed by atoms with Crippen LogP contribution in [-0.2, 0) is 0 Å². The Balaban J connectivity index is 1.13. The highest BCUT2D eigenvalue weighted by molar-refractivity contribution is 6.19. The van der Waals surface area contributed by atoms with Gasteiger partial charge in [0.2, 0.25) is 0 Å². The molecule has 5 nitrogen and oxygen atoms in total. The van der Waals surface area contributed by atoms with Crippen molar-refractivity contribution in [1.29, 1.82) is 0 Å². The molecule has 10 aromatic rings. The van der Waals surface area contributed by atoms with Crippen molar-refractivity contribution in [2.75, 3.05) is 0 Å². The average molecular weight is 693 g/mol. The van der Waals surface area contributed by atoms with Crippen molar-refractivity contribution in [3.8, 4) is 16.8 Å². The third-order valence-corrected chi connectivity index (χ3v) is 10.6. The van der Waals surface area contributed by atoms with Gasteiger partial charge < -0.3 is 14.3 Å². The first kappa shape index (κ1) is 30.4. The van der Waals surface area contributed by atoms with Crippen LogP contribution in [0.1, 0.15) is 22.9 Å². The van der Waals surface area contributed by atoms with E-state index in [1.807, 2.05) is 18.2 Å². The number of hydrogen-bond donors (Lipinski definition) is 1.